The van der Waals surface area contributed by atoms with Crippen LogP contribution in [0, 0.1) is 0 Å². The maximum atomic E-state index is 10.6. The average Bonchev–Trinajstić information content (AvgIpc) is 2.01. The zero-order valence-electron chi connectivity index (χ0n) is 5.78. The van der Waals surface area contributed by atoms with Crippen LogP contribution >= 0.6 is 0 Å². The highest BCUT2D eigenvalue weighted by Gasteiger charge is 1.92. The first-order valence-electron chi connectivity index (χ1n) is 3.11. The van der Waals surface area contributed by atoms with E-state index in [4.69, 9.17) is 9.84 Å². The first kappa shape index (κ1) is 7.74. The van der Waals surface area contributed by atoms with Crippen molar-refractivity contribution in [3.8, 4) is 5.75 Å². The van der Waals surface area contributed by atoms with Crippen molar-refractivity contribution in [3.63, 3.8) is 0 Å². The lowest BCUT2D eigenvalue weighted by molar-refractivity contribution is 0.200. The molecule has 0 aliphatic carbocycles. The summed E-state index contributed by atoms with van der Waals surface area (Å²) in [5.41, 5.74) is -0.319. The van der Waals surface area contributed by atoms with Gasteiger partial charge in [-0.2, -0.15) is 5.10 Å². The summed E-state index contributed by atoms with van der Waals surface area (Å²) in [5, 5.41) is 14.1. The number of aromatic nitrogens is 2. The lowest BCUT2D eigenvalue weighted by Gasteiger charge is -2.00. The third-order valence-electron chi connectivity index (χ3n) is 1.000. The number of nitrogens with one attached hydrogen (secondary N) is 1. The molecule has 1 heterocycles. The van der Waals surface area contributed by atoms with E-state index in [-0.39, 0.29) is 18.8 Å². The van der Waals surface area contributed by atoms with Crippen LogP contribution in [0.3, 0.4) is 0 Å². The smallest absolute Gasteiger partial charge is 0.267 e. The number of rotatable bonds is 3. The van der Waals surface area contributed by atoms with Gasteiger partial charge in [0.15, 0.2) is 0 Å². The van der Waals surface area contributed by atoms with Gasteiger partial charge in [0.2, 0.25) is 0 Å². The van der Waals surface area contributed by atoms with Crippen LogP contribution in [0.2, 0.25) is 0 Å². The van der Waals surface area contributed by atoms with E-state index < -0.39 is 0 Å². The van der Waals surface area contributed by atoms with Crippen LogP contribution < -0.4 is 10.3 Å². The predicted octanol–water partition coefficient (Wildman–Crippen LogP) is -0.859. The van der Waals surface area contributed by atoms with Crippen LogP contribution in [0.1, 0.15) is 0 Å². The molecular formula is C6H8N2O3. The van der Waals surface area contributed by atoms with Crippen molar-refractivity contribution in [2.24, 2.45) is 0 Å². The van der Waals surface area contributed by atoms with Crippen LogP contribution in [0.25, 0.3) is 0 Å². The first-order chi connectivity index (χ1) is 5.33. The molecule has 1 aromatic rings. The summed E-state index contributed by atoms with van der Waals surface area (Å²) in [5.74, 6) is 0.364. The number of H-pyrrole nitrogens is 1. The zero-order chi connectivity index (χ0) is 8.10. The summed E-state index contributed by atoms with van der Waals surface area (Å²) in [7, 11) is 0. The minimum Gasteiger partial charge on any atom is -0.489 e. The van der Waals surface area contributed by atoms with E-state index in [0.29, 0.717) is 5.75 Å². The topological polar surface area (TPSA) is 75.2 Å². The standard InChI is InChI=1S/C6H8N2O3/c9-1-2-11-5-3-6(10)8-7-4-5/h3-4,9H,1-2H2,(H,8,10). The van der Waals surface area contributed by atoms with E-state index in [0.717, 1.165) is 0 Å². The van der Waals surface area contributed by atoms with E-state index in [1.54, 1.807) is 0 Å². The minimum absolute atomic E-state index is 0.0766. The van der Waals surface area contributed by atoms with Gasteiger partial charge in [0.1, 0.15) is 12.4 Å². The molecule has 0 bridgehead atoms. The van der Waals surface area contributed by atoms with Gasteiger partial charge in [-0.05, 0) is 0 Å². The fourth-order valence-electron chi connectivity index (χ4n) is 0.601. The monoisotopic (exact) mass is 156 g/mol. The second kappa shape index (κ2) is 3.72. The van der Waals surface area contributed by atoms with E-state index in [2.05, 4.69) is 10.2 Å². The second-order valence-corrected chi connectivity index (χ2v) is 1.85. The summed E-state index contributed by atoms with van der Waals surface area (Å²) in [6.07, 6.45) is 1.37. The molecular weight excluding hydrogens is 148 g/mol. The van der Waals surface area contributed by atoms with Gasteiger partial charge in [0.05, 0.1) is 12.8 Å². The summed E-state index contributed by atoms with van der Waals surface area (Å²) in [6.45, 7) is 0.0952. The van der Waals surface area contributed by atoms with E-state index >= 15 is 0 Å². The quantitative estimate of drug-likeness (QED) is 0.597. The number of hydrogen-bond acceptors (Lipinski definition) is 4. The van der Waals surface area contributed by atoms with Gasteiger partial charge in [0, 0.05) is 6.07 Å². The number of aromatic amines is 1. The Hall–Kier alpha value is -1.36. The number of aliphatic hydroxyl groups is 1. The summed E-state index contributed by atoms with van der Waals surface area (Å²) in [4.78, 5) is 10.6. The Morgan fingerprint density at radius 2 is 2.55 bits per heavy atom. The molecule has 11 heavy (non-hydrogen) atoms. The number of ether oxygens (including phenoxy) is 1. The molecule has 0 aliphatic rings. The third kappa shape index (κ3) is 2.38. The van der Waals surface area contributed by atoms with Gasteiger partial charge < -0.3 is 9.84 Å². The van der Waals surface area contributed by atoms with Gasteiger partial charge in [-0.1, -0.05) is 0 Å². The van der Waals surface area contributed by atoms with Crippen LogP contribution in [0.15, 0.2) is 17.1 Å². The summed E-state index contributed by atoms with van der Waals surface area (Å²) in [6, 6.07) is 1.27. The molecule has 1 rings (SSSR count). The number of aliphatic hydroxyl groups excluding tert-OH is 1. The Kier molecular flexibility index (Phi) is 2.62. The summed E-state index contributed by atoms with van der Waals surface area (Å²) >= 11 is 0. The Morgan fingerprint density at radius 1 is 1.73 bits per heavy atom. The highest BCUT2D eigenvalue weighted by atomic mass is 16.5. The summed E-state index contributed by atoms with van der Waals surface area (Å²) < 4.78 is 4.90. The fraction of sp³-hybridized carbons (Fsp3) is 0.333. The Bertz CT molecular complexity index is 271. The maximum Gasteiger partial charge on any atom is 0.267 e. The molecule has 0 radical (unpaired) electrons. The van der Waals surface area contributed by atoms with Crippen molar-refractivity contribution in [3.05, 3.63) is 22.6 Å². The molecule has 1 aromatic heterocycles. The molecule has 0 unspecified atom stereocenters. The Labute approximate surface area is 62.6 Å². The van der Waals surface area contributed by atoms with Gasteiger partial charge in [-0.25, -0.2) is 5.10 Å². The molecule has 0 aliphatic heterocycles. The van der Waals surface area contributed by atoms with Crippen molar-refractivity contribution >= 4 is 0 Å². The average molecular weight is 156 g/mol. The van der Waals surface area contributed by atoms with Crippen molar-refractivity contribution in [2.75, 3.05) is 13.2 Å². The third-order valence-corrected chi connectivity index (χ3v) is 1.000. The largest absolute Gasteiger partial charge is 0.489 e. The molecule has 0 saturated heterocycles. The lowest BCUT2D eigenvalue weighted by Crippen LogP contribution is -2.08. The molecule has 60 valence electrons. The molecule has 5 nitrogen and oxygen atoms in total. The molecule has 0 amide bonds. The normalized spacial score (nSPS) is 9.55. The van der Waals surface area contributed by atoms with Crippen molar-refractivity contribution in [1.29, 1.82) is 0 Å². The Balaban J connectivity index is 2.64. The molecule has 5 heteroatoms. The molecule has 0 saturated carbocycles. The molecule has 0 atom stereocenters. The SMILES string of the molecule is O=c1cc(OCCO)cn[nH]1. The fourth-order valence-corrected chi connectivity index (χ4v) is 0.601. The number of hydrogen-bond donors (Lipinski definition) is 2. The molecule has 2 N–H and O–H groups in total. The first-order valence-corrected chi connectivity index (χ1v) is 3.11. The van der Waals surface area contributed by atoms with Crippen LogP contribution in [0.4, 0.5) is 0 Å². The van der Waals surface area contributed by atoms with Crippen molar-refractivity contribution in [1.82, 2.24) is 10.2 Å². The second-order valence-electron chi connectivity index (χ2n) is 1.85. The van der Waals surface area contributed by atoms with Gasteiger partial charge in [0.25, 0.3) is 5.56 Å². The van der Waals surface area contributed by atoms with Crippen molar-refractivity contribution < 1.29 is 9.84 Å². The van der Waals surface area contributed by atoms with Crippen LogP contribution in [-0.4, -0.2) is 28.5 Å². The minimum atomic E-state index is -0.319. The van der Waals surface area contributed by atoms with E-state index in [1.807, 2.05) is 0 Å². The molecule has 0 fully saturated rings. The highest BCUT2D eigenvalue weighted by molar-refractivity contribution is 5.12. The number of nitrogens with zero attached hydrogens (tertiary/aromatic N) is 1. The molecule has 0 spiro atoms. The van der Waals surface area contributed by atoms with Gasteiger partial charge >= 0.3 is 0 Å². The van der Waals surface area contributed by atoms with Crippen LogP contribution in [-0.2, 0) is 0 Å². The van der Waals surface area contributed by atoms with Crippen LogP contribution in [0.5, 0.6) is 5.75 Å². The lowest BCUT2D eigenvalue weighted by atomic mass is 10.5. The zero-order valence-corrected chi connectivity index (χ0v) is 5.78. The van der Waals surface area contributed by atoms with E-state index in [1.165, 1.54) is 12.3 Å². The Morgan fingerprint density at radius 3 is 3.18 bits per heavy atom. The predicted molar refractivity (Wildman–Crippen MR) is 37.4 cm³/mol. The van der Waals surface area contributed by atoms with Gasteiger partial charge in [-0.3, -0.25) is 4.79 Å². The maximum absolute atomic E-state index is 10.6. The van der Waals surface area contributed by atoms with E-state index in [9.17, 15) is 4.79 Å². The highest BCUT2D eigenvalue weighted by Crippen LogP contribution is 2.00. The molecule has 0 aromatic carbocycles. The van der Waals surface area contributed by atoms with Gasteiger partial charge in [-0.15, -0.1) is 0 Å². The van der Waals surface area contributed by atoms with Crippen molar-refractivity contribution in [2.45, 2.75) is 0 Å².